The molecule has 0 fully saturated rings. The molecular weight excluding hydrogens is 337 g/mol. The Hall–Kier alpha value is -3.22. The van der Waals surface area contributed by atoms with Crippen molar-refractivity contribution >= 4 is 5.91 Å². The first-order chi connectivity index (χ1) is 12.4. The molecule has 0 saturated carbocycles. The van der Waals surface area contributed by atoms with Crippen LogP contribution in [0.25, 0.3) is 5.69 Å². The third-order valence-corrected chi connectivity index (χ3v) is 3.93. The molecule has 3 aromatic rings. The third kappa shape index (κ3) is 3.42. The molecule has 0 aliphatic heterocycles. The number of hydrogen-bond acceptors (Lipinski definition) is 4. The van der Waals surface area contributed by atoms with Gasteiger partial charge >= 0.3 is 0 Å². The summed E-state index contributed by atoms with van der Waals surface area (Å²) in [5.74, 6) is 0.273. The van der Waals surface area contributed by atoms with Crippen LogP contribution in [-0.4, -0.2) is 27.6 Å². The van der Waals surface area contributed by atoms with Crippen LogP contribution in [0, 0.1) is 19.7 Å². The van der Waals surface area contributed by atoms with Crippen molar-refractivity contribution in [1.29, 1.82) is 0 Å². The number of hydrogen-bond donors (Lipinski definition) is 0. The number of rotatable bonds is 4. The number of aryl methyl sites for hydroxylation is 2. The fourth-order valence-electron chi connectivity index (χ4n) is 2.62. The van der Waals surface area contributed by atoms with Gasteiger partial charge in [-0.15, -0.1) is 0 Å². The van der Waals surface area contributed by atoms with Gasteiger partial charge in [-0.2, -0.15) is 5.10 Å². The Labute approximate surface area is 149 Å². The number of para-hydroxylation sites is 1. The van der Waals surface area contributed by atoms with Gasteiger partial charge in [-0.3, -0.25) is 9.59 Å². The molecule has 0 atom stereocenters. The van der Waals surface area contributed by atoms with E-state index in [1.807, 2.05) is 0 Å². The van der Waals surface area contributed by atoms with Gasteiger partial charge in [-0.05, 0) is 38.1 Å². The second-order valence-electron chi connectivity index (χ2n) is 6.04. The minimum absolute atomic E-state index is 0.170. The Kier molecular flexibility index (Phi) is 4.71. The first kappa shape index (κ1) is 17.6. The lowest BCUT2D eigenvalue weighted by atomic mass is 10.2. The van der Waals surface area contributed by atoms with E-state index in [1.165, 1.54) is 27.8 Å². The fourth-order valence-corrected chi connectivity index (χ4v) is 2.62. The van der Waals surface area contributed by atoms with Gasteiger partial charge in [0.1, 0.15) is 23.0 Å². The Morgan fingerprint density at radius 3 is 2.62 bits per heavy atom. The molecule has 0 aliphatic rings. The van der Waals surface area contributed by atoms with Gasteiger partial charge in [-0.1, -0.05) is 12.1 Å². The SMILES string of the molecule is Cc1ccc(CN(C)C(=O)c2nn(-c3ccccc3F)c(C)cc2=O)o1. The number of aromatic nitrogens is 2. The second kappa shape index (κ2) is 6.95. The van der Waals surface area contributed by atoms with Crippen molar-refractivity contribution < 1.29 is 13.6 Å². The minimum atomic E-state index is -0.561. The maximum atomic E-state index is 14.1. The summed E-state index contributed by atoms with van der Waals surface area (Å²) in [6.45, 7) is 3.63. The summed E-state index contributed by atoms with van der Waals surface area (Å²) in [5, 5.41) is 4.11. The molecule has 0 saturated heterocycles. The van der Waals surface area contributed by atoms with Crippen molar-refractivity contribution in [3.8, 4) is 5.69 Å². The average Bonchev–Trinajstić information content (AvgIpc) is 3.00. The van der Waals surface area contributed by atoms with E-state index in [-0.39, 0.29) is 17.9 Å². The van der Waals surface area contributed by atoms with E-state index in [0.717, 1.165) is 5.76 Å². The van der Waals surface area contributed by atoms with Gasteiger partial charge in [0.2, 0.25) is 5.43 Å². The van der Waals surface area contributed by atoms with Crippen molar-refractivity contribution in [2.24, 2.45) is 0 Å². The zero-order chi connectivity index (χ0) is 18.8. The molecule has 3 rings (SSSR count). The highest BCUT2D eigenvalue weighted by Crippen LogP contribution is 2.14. The van der Waals surface area contributed by atoms with Crippen molar-refractivity contribution in [3.05, 3.63) is 81.4 Å². The van der Waals surface area contributed by atoms with E-state index >= 15 is 0 Å². The van der Waals surface area contributed by atoms with Crippen LogP contribution in [-0.2, 0) is 6.54 Å². The normalized spacial score (nSPS) is 10.8. The van der Waals surface area contributed by atoms with E-state index in [2.05, 4.69) is 5.10 Å². The van der Waals surface area contributed by atoms with Crippen molar-refractivity contribution in [2.45, 2.75) is 20.4 Å². The smallest absolute Gasteiger partial charge is 0.278 e. The summed E-state index contributed by atoms with van der Waals surface area (Å²) < 4.78 is 20.8. The zero-order valence-electron chi connectivity index (χ0n) is 14.7. The van der Waals surface area contributed by atoms with Gasteiger partial charge in [0.25, 0.3) is 5.91 Å². The first-order valence-electron chi connectivity index (χ1n) is 8.03. The van der Waals surface area contributed by atoms with Gasteiger partial charge in [0.05, 0.1) is 6.54 Å². The van der Waals surface area contributed by atoms with Gasteiger partial charge in [0, 0.05) is 18.8 Å². The fraction of sp³-hybridized carbons (Fsp3) is 0.211. The Balaban J connectivity index is 1.97. The van der Waals surface area contributed by atoms with Gasteiger partial charge in [0.15, 0.2) is 5.69 Å². The summed E-state index contributed by atoms with van der Waals surface area (Å²) in [6, 6.07) is 10.9. The molecule has 0 unspecified atom stereocenters. The molecule has 0 aliphatic carbocycles. The van der Waals surface area contributed by atoms with Gasteiger partial charge in [-0.25, -0.2) is 9.07 Å². The van der Waals surface area contributed by atoms with Crippen molar-refractivity contribution in [1.82, 2.24) is 14.7 Å². The summed E-state index contributed by atoms with van der Waals surface area (Å²) >= 11 is 0. The van der Waals surface area contributed by atoms with Crippen LogP contribution in [0.15, 0.2) is 51.7 Å². The van der Waals surface area contributed by atoms with Crippen LogP contribution in [0.5, 0.6) is 0 Å². The summed E-state index contributed by atoms with van der Waals surface area (Å²) in [4.78, 5) is 26.3. The molecule has 26 heavy (non-hydrogen) atoms. The lowest BCUT2D eigenvalue weighted by molar-refractivity contribution is 0.0765. The topological polar surface area (TPSA) is 68.3 Å². The Morgan fingerprint density at radius 2 is 1.96 bits per heavy atom. The molecule has 0 bridgehead atoms. The Morgan fingerprint density at radius 1 is 1.23 bits per heavy atom. The molecule has 134 valence electrons. The van der Waals surface area contributed by atoms with Crippen molar-refractivity contribution in [3.63, 3.8) is 0 Å². The highest BCUT2D eigenvalue weighted by molar-refractivity contribution is 5.91. The maximum absolute atomic E-state index is 14.1. The highest BCUT2D eigenvalue weighted by Gasteiger charge is 2.20. The van der Waals surface area contributed by atoms with E-state index in [0.29, 0.717) is 11.5 Å². The van der Waals surface area contributed by atoms with Crippen LogP contribution in [0.3, 0.4) is 0 Å². The second-order valence-corrected chi connectivity index (χ2v) is 6.04. The predicted octanol–water partition coefficient (Wildman–Crippen LogP) is 2.85. The van der Waals surface area contributed by atoms with E-state index in [4.69, 9.17) is 4.42 Å². The molecular formula is C19H18FN3O3. The van der Waals surface area contributed by atoms with Crippen molar-refractivity contribution in [2.75, 3.05) is 7.05 Å². The molecule has 7 heteroatoms. The number of furan rings is 1. The molecule has 1 amide bonds. The highest BCUT2D eigenvalue weighted by atomic mass is 19.1. The minimum Gasteiger partial charge on any atom is -0.464 e. The van der Waals surface area contributed by atoms with Gasteiger partial charge < -0.3 is 9.32 Å². The Bertz CT molecular complexity index is 1020. The monoisotopic (exact) mass is 355 g/mol. The molecule has 2 heterocycles. The standard InChI is InChI=1S/C19H18FN3O3/c1-12-10-17(24)18(21-23(12)16-7-5-4-6-15(16)20)19(25)22(3)11-14-9-8-13(2)26-14/h4-10H,11H2,1-3H3. The predicted molar refractivity (Wildman–Crippen MR) is 93.8 cm³/mol. The lowest BCUT2D eigenvalue weighted by Gasteiger charge is -2.17. The number of carbonyl (C=O) groups excluding carboxylic acids is 1. The number of nitrogens with zero attached hydrogens (tertiary/aromatic N) is 3. The van der Waals surface area contributed by atoms with Crippen LogP contribution in [0.2, 0.25) is 0 Å². The zero-order valence-corrected chi connectivity index (χ0v) is 14.7. The number of carbonyl (C=O) groups is 1. The van der Waals surface area contributed by atoms with Crippen LogP contribution < -0.4 is 5.43 Å². The summed E-state index contributed by atoms with van der Waals surface area (Å²) in [6.07, 6.45) is 0. The quantitative estimate of drug-likeness (QED) is 0.722. The number of amides is 1. The first-order valence-corrected chi connectivity index (χ1v) is 8.03. The largest absolute Gasteiger partial charge is 0.464 e. The molecule has 0 N–H and O–H groups in total. The van der Waals surface area contributed by atoms with Crippen LogP contribution in [0.4, 0.5) is 4.39 Å². The van der Waals surface area contributed by atoms with Crippen LogP contribution in [0.1, 0.15) is 27.7 Å². The van der Waals surface area contributed by atoms with E-state index in [9.17, 15) is 14.0 Å². The number of benzene rings is 1. The van der Waals surface area contributed by atoms with Crippen LogP contribution >= 0.6 is 0 Å². The molecule has 0 radical (unpaired) electrons. The third-order valence-electron chi connectivity index (χ3n) is 3.93. The summed E-state index contributed by atoms with van der Waals surface area (Å²) in [7, 11) is 1.55. The molecule has 0 spiro atoms. The molecule has 6 nitrogen and oxygen atoms in total. The van der Waals surface area contributed by atoms with E-state index < -0.39 is 17.2 Å². The molecule has 1 aromatic carbocycles. The molecule has 2 aromatic heterocycles. The summed E-state index contributed by atoms with van der Waals surface area (Å²) in [5.41, 5.74) is -0.184. The maximum Gasteiger partial charge on any atom is 0.278 e. The average molecular weight is 355 g/mol. The lowest BCUT2D eigenvalue weighted by Crippen LogP contribution is -2.33. The van der Waals surface area contributed by atoms with E-state index in [1.54, 1.807) is 45.2 Å². The number of halogens is 1.